The van der Waals surface area contributed by atoms with Crippen LogP contribution in [0.1, 0.15) is 47.3 Å². The highest BCUT2D eigenvalue weighted by molar-refractivity contribution is 5.92. The van der Waals surface area contributed by atoms with Crippen LogP contribution in [-0.4, -0.2) is 31.9 Å². The number of alkyl halides is 3. The summed E-state index contributed by atoms with van der Waals surface area (Å²) in [6.07, 6.45) is 2.67. The van der Waals surface area contributed by atoms with Crippen molar-refractivity contribution in [2.75, 3.05) is 0 Å². The van der Waals surface area contributed by atoms with E-state index in [4.69, 9.17) is 0 Å². The number of nitrogens with one attached hydrogen (secondary N) is 1. The fourth-order valence-corrected chi connectivity index (χ4v) is 3.97. The molecule has 6 nitrogen and oxygen atoms in total. The minimum Gasteiger partial charge on any atom is -0.348 e. The topological polar surface area (TPSA) is 72.7 Å². The van der Waals surface area contributed by atoms with Gasteiger partial charge in [0.2, 0.25) is 0 Å². The van der Waals surface area contributed by atoms with Gasteiger partial charge in [-0.05, 0) is 42.9 Å². The van der Waals surface area contributed by atoms with E-state index in [1.807, 2.05) is 18.2 Å². The molecule has 1 aliphatic carbocycles. The van der Waals surface area contributed by atoms with Crippen LogP contribution in [0, 0.1) is 5.92 Å². The van der Waals surface area contributed by atoms with Crippen molar-refractivity contribution >= 4 is 5.91 Å². The van der Waals surface area contributed by atoms with Crippen molar-refractivity contribution in [2.24, 2.45) is 5.92 Å². The maximum Gasteiger partial charge on any atom is 0.417 e. The molecule has 4 rings (SSSR count). The Balaban J connectivity index is 1.43. The molecule has 1 amide bonds. The molecule has 0 spiro atoms. The zero-order chi connectivity index (χ0) is 21.8. The SMILES string of the molecule is O=C(NC1CCCCC1Cc1ccccc1)c1cn(-c2ccc(C(F)(F)F)cn2)nn1. The lowest BCUT2D eigenvalue weighted by Gasteiger charge is -2.32. The van der Waals surface area contributed by atoms with Crippen LogP contribution in [-0.2, 0) is 12.6 Å². The molecule has 0 bridgehead atoms. The molecule has 1 aromatic carbocycles. The predicted octanol–water partition coefficient (Wildman–Crippen LogP) is 4.21. The maximum atomic E-state index is 12.7. The van der Waals surface area contributed by atoms with Gasteiger partial charge in [-0.1, -0.05) is 48.4 Å². The first-order valence-corrected chi connectivity index (χ1v) is 10.2. The van der Waals surface area contributed by atoms with Crippen molar-refractivity contribution in [2.45, 2.75) is 44.3 Å². The highest BCUT2D eigenvalue weighted by atomic mass is 19.4. The Labute approximate surface area is 177 Å². The number of halogens is 3. The van der Waals surface area contributed by atoms with E-state index in [1.165, 1.54) is 22.5 Å². The number of nitrogens with zero attached hydrogens (tertiary/aromatic N) is 4. The molecule has 1 saturated carbocycles. The molecular formula is C22H22F3N5O. The summed E-state index contributed by atoms with van der Waals surface area (Å²) in [5.41, 5.74) is 0.495. The van der Waals surface area contributed by atoms with Crippen LogP contribution < -0.4 is 5.32 Å². The summed E-state index contributed by atoms with van der Waals surface area (Å²) in [4.78, 5) is 16.5. The van der Waals surface area contributed by atoms with Gasteiger partial charge < -0.3 is 5.32 Å². The van der Waals surface area contributed by atoms with Gasteiger partial charge in [-0.2, -0.15) is 13.2 Å². The normalized spacial score (nSPS) is 19.2. The highest BCUT2D eigenvalue weighted by Gasteiger charge is 2.31. The first-order valence-electron chi connectivity index (χ1n) is 10.2. The number of hydrogen-bond acceptors (Lipinski definition) is 4. The largest absolute Gasteiger partial charge is 0.417 e. The number of carbonyl (C=O) groups is 1. The second-order valence-electron chi connectivity index (χ2n) is 7.77. The molecule has 1 aliphatic rings. The van der Waals surface area contributed by atoms with Crippen molar-refractivity contribution in [3.63, 3.8) is 0 Å². The molecule has 2 unspecified atom stereocenters. The van der Waals surface area contributed by atoms with E-state index in [0.717, 1.165) is 44.4 Å². The minimum atomic E-state index is -4.46. The molecule has 0 radical (unpaired) electrons. The molecule has 2 aromatic heterocycles. The second-order valence-corrected chi connectivity index (χ2v) is 7.77. The Bertz CT molecular complexity index is 1020. The minimum absolute atomic E-state index is 0.0378. The van der Waals surface area contributed by atoms with Crippen LogP contribution in [0.3, 0.4) is 0 Å². The van der Waals surface area contributed by atoms with E-state index in [-0.39, 0.29) is 23.5 Å². The fraction of sp³-hybridized carbons (Fsp3) is 0.364. The molecule has 1 fully saturated rings. The summed E-state index contributed by atoms with van der Waals surface area (Å²) in [5, 5.41) is 10.8. The third-order valence-corrected chi connectivity index (χ3v) is 5.60. The monoisotopic (exact) mass is 429 g/mol. The lowest BCUT2D eigenvalue weighted by atomic mass is 9.80. The third kappa shape index (κ3) is 5.10. The molecule has 1 N–H and O–H groups in total. The summed E-state index contributed by atoms with van der Waals surface area (Å²) in [6, 6.07) is 12.3. The lowest BCUT2D eigenvalue weighted by Crippen LogP contribution is -2.43. The number of pyridine rings is 1. The van der Waals surface area contributed by atoms with Gasteiger partial charge in [0.15, 0.2) is 11.5 Å². The van der Waals surface area contributed by atoms with Crippen LogP contribution in [0.4, 0.5) is 13.2 Å². The van der Waals surface area contributed by atoms with Gasteiger partial charge in [0, 0.05) is 12.2 Å². The molecule has 9 heteroatoms. The molecule has 0 aliphatic heterocycles. The van der Waals surface area contributed by atoms with Gasteiger partial charge in [-0.15, -0.1) is 5.10 Å². The average Bonchev–Trinajstić information content (AvgIpc) is 3.26. The van der Waals surface area contributed by atoms with Gasteiger partial charge >= 0.3 is 6.18 Å². The zero-order valence-electron chi connectivity index (χ0n) is 16.7. The zero-order valence-corrected chi connectivity index (χ0v) is 16.7. The van der Waals surface area contributed by atoms with Crippen molar-refractivity contribution in [1.29, 1.82) is 0 Å². The van der Waals surface area contributed by atoms with Crippen LogP contribution in [0.2, 0.25) is 0 Å². The smallest absolute Gasteiger partial charge is 0.348 e. The number of hydrogen-bond donors (Lipinski definition) is 1. The number of carbonyl (C=O) groups excluding carboxylic acids is 1. The van der Waals surface area contributed by atoms with E-state index < -0.39 is 11.7 Å². The standard InChI is InChI=1S/C22H22F3N5O/c23-22(24,25)17-10-11-20(26-13-17)30-14-19(28-29-30)21(31)27-18-9-5-4-8-16(18)12-15-6-2-1-3-7-15/h1-3,6-7,10-11,13-14,16,18H,4-5,8-9,12H2,(H,27,31). The van der Waals surface area contributed by atoms with Crippen molar-refractivity contribution in [3.05, 3.63) is 71.7 Å². The maximum absolute atomic E-state index is 12.7. The summed E-state index contributed by atoms with van der Waals surface area (Å²) >= 11 is 0. The van der Waals surface area contributed by atoms with Crippen LogP contribution in [0.15, 0.2) is 54.9 Å². The van der Waals surface area contributed by atoms with Gasteiger partial charge in [-0.25, -0.2) is 9.67 Å². The Kier molecular flexibility index (Phi) is 6.01. The molecule has 31 heavy (non-hydrogen) atoms. The van der Waals surface area contributed by atoms with Crippen LogP contribution in [0.25, 0.3) is 5.82 Å². The second kappa shape index (κ2) is 8.87. The third-order valence-electron chi connectivity index (χ3n) is 5.60. The van der Waals surface area contributed by atoms with Gasteiger partial charge in [-0.3, -0.25) is 4.79 Å². The van der Waals surface area contributed by atoms with Gasteiger partial charge in [0.1, 0.15) is 0 Å². The Morgan fingerprint density at radius 1 is 1.10 bits per heavy atom. The van der Waals surface area contributed by atoms with E-state index >= 15 is 0 Å². The molecule has 3 aromatic rings. The lowest BCUT2D eigenvalue weighted by molar-refractivity contribution is -0.137. The van der Waals surface area contributed by atoms with Crippen LogP contribution in [0.5, 0.6) is 0 Å². The van der Waals surface area contributed by atoms with E-state index in [1.54, 1.807) is 0 Å². The Hall–Kier alpha value is -3.23. The molecule has 162 valence electrons. The van der Waals surface area contributed by atoms with Crippen molar-refractivity contribution in [3.8, 4) is 5.82 Å². The predicted molar refractivity (Wildman–Crippen MR) is 108 cm³/mol. The number of aromatic nitrogens is 4. The Morgan fingerprint density at radius 2 is 1.87 bits per heavy atom. The van der Waals surface area contributed by atoms with Crippen molar-refractivity contribution in [1.82, 2.24) is 25.3 Å². The van der Waals surface area contributed by atoms with E-state index in [9.17, 15) is 18.0 Å². The molecule has 2 heterocycles. The number of rotatable bonds is 5. The fourth-order valence-electron chi connectivity index (χ4n) is 3.97. The van der Waals surface area contributed by atoms with E-state index in [2.05, 4.69) is 32.7 Å². The number of amides is 1. The summed E-state index contributed by atoms with van der Waals surface area (Å²) < 4.78 is 39.3. The summed E-state index contributed by atoms with van der Waals surface area (Å²) in [5.74, 6) is 0.147. The molecule has 2 atom stereocenters. The van der Waals surface area contributed by atoms with Crippen LogP contribution >= 0.6 is 0 Å². The quantitative estimate of drug-likeness (QED) is 0.659. The van der Waals surface area contributed by atoms with E-state index in [0.29, 0.717) is 5.92 Å². The first-order chi connectivity index (χ1) is 14.9. The highest BCUT2D eigenvalue weighted by Crippen LogP contribution is 2.29. The molecule has 0 saturated heterocycles. The summed E-state index contributed by atoms with van der Waals surface area (Å²) in [7, 11) is 0. The summed E-state index contributed by atoms with van der Waals surface area (Å²) in [6.45, 7) is 0. The number of benzene rings is 1. The molecular weight excluding hydrogens is 407 g/mol. The van der Waals surface area contributed by atoms with Crippen molar-refractivity contribution < 1.29 is 18.0 Å². The average molecular weight is 429 g/mol. The van der Waals surface area contributed by atoms with Gasteiger partial charge in [0.05, 0.1) is 11.8 Å². The first kappa shape index (κ1) is 21.0. The Morgan fingerprint density at radius 3 is 2.58 bits per heavy atom. The van der Waals surface area contributed by atoms with Gasteiger partial charge in [0.25, 0.3) is 5.91 Å².